The first-order chi connectivity index (χ1) is 11.5. The number of rotatable bonds is 5. The quantitative estimate of drug-likeness (QED) is 0.763. The molecule has 0 aromatic rings. The number of hydrogen-bond acceptors (Lipinski definition) is 4. The molecule has 24 heavy (non-hydrogen) atoms. The second kappa shape index (κ2) is 6.86. The zero-order chi connectivity index (χ0) is 16.7. The van der Waals surface area contributed by atoms with Gasteiger partial charge in [-0.2, -0.15) is 0 Å². The second-order valence-corrected chi connectivity index (χ2v) is 9.46. The average molecular weight is 335 g/mol. The summed E-state index contributed by atoms with van der Waals surface area (Å²) in [5.74, 6) is 0. The maximum Gasteiger partial charge on any atom is 0.0241 e. The number of fused-ring (bicyclic) bond motifs is 3. The maximum atomic E-state index is 2.85. The Bertz CT molecular complexity index is 437. The van der Waals surface area contributed by atoms with Gasteiger partial charge in [0.15, 0.2) is 0 Å². The van der Waals surface area contributed by atoms with E-state index in [1.807, 2.05) is 0 Å². The lowest BCUT2D eigenvalue weighted by atomic mass is 9.90. The van der Waals surface area contributed by atoms with E-state index in [-0.39, 0.29) is 0 Å². The van der Waals surface area contributed by atoms with Crippen LogP contribution in [0.2, 0.25) is 0 Å². The van der Waals surface area contributed by atoms with Gasteiger partial charge in [-0.3, -0.25) is 14.7 Å². The van der Waals surface area contributed by atoms with E-state index in [0.29, 0.717) is 5.54 Å². The van der Waals surface area contributed by atoms with Crippen LogP contribution in [0, 0.1) is 0 Å². The van der Waals surface area contributed by atoms with Gasteiger partial charge in [-0.15, -0.1) is 0 Å². The number of nitrogens with zero attached hydrogens (tertiary/aromatic N) is 4. The molecule has 4 unspecified atom stereocenters. The van der Waals surface area contributed by atoms with E-state index in [1.54, 1.807) is 0 Å². The topological polar surface area (TPSA) is 13.0 Å². The van der Waals surface area contributed by atoms with Gasteiger partial charge in [-0.05, 0) is 66.0 Å². The number of piperazine rings is 2. The minimum Gasteiger partial charge on any atom is -0.300 e. The van der Waals surface area contributed by atoms with Crippen molar-refractivity contribution in [2.24, 2.45) is 0 Å². The van der Waals surface area contributed by atoms with E-state index in [1.165, 1.54) is 84.5 Å². The Morgan fingerprint density at radius 3 is 2.67 bits per heavy atom. The lowest BCUT2D eigenvalue weighted by Crippen LogP contribution is -2.57. The molecule has 2 bridgehead atoms. The Hall–Kier alpha value is -0.160. The highest BCUT2D eigenvalue weighted by molar-refractivity contribution is 4.96. The number of hydrogen-bond donors (Lipinski definition) is 0. The first-order valence-electron chi connectivity index (χ1n) is 10.5. The zero-order valence-corrected chi connectivity index (χ0v) is 16.2. The summed E-state index contributed by atoms with van der Waals surface area (Å²) in [4.78, 5) is 11.0. The fraction of sp³-hybridized carbons (Fsp3) is 1.00. The molecule has 4 heteroatoms. The fourth-order valence-corrected chi connectivity index (χ4v) is 5.80. The zero-order valence-electron chi connectivity index (χ0n) is 16.2. The van der Waals surface area contributed by atoms with Crippen molar-refractivity contribution in [1.82, 2.24) is 19.6 Å². The summed E-state index contributed by atoms with van der Waals surface area (Å²) in [6, 6.07) is 2.43. The van der Waals surface area contributed by atoms with E-state index >= 15 is 0 Å². The molecule has 0 spiro atoms. The summed E-state index contributed by atoms with van der Waals surface area (Å²) in [5.41, 5.74) is 0.366. The van der Waals surface area contributed by atoms with Crippen LogP contribution >= 0.6 is 0 Å². The van der Waals surface area contributed by atoms with E-state index in [2.05, 4.69) is 40.4 Å². The van der Waals surface area contributed by atoms with Crippen molar-refractivity contribution < 1.29 is 0 Å². The van der Waals surface area contributed by atoms with Crippen molar-refractivity contribution in [3.8, 4) is 0 Å². The molecule has 0 aliphatic carbocycles. The molecule has 4 atom stereocenters. The van der Waals surface area contributed by atoms with Crippen molar-refractivity contribution in [2.45, 2.75) is 76.5 Å². The standard InChI is InChI=1S/C20H38N4/c1-17(23-13-12-22-9-4-5-18(22)16-23)6-8-20(2,3)24-14-11-21-10-7-19(24)15-21/h17-19H,4-16H2,1-3H3. The third-order valence-electron chi connectivity index (χ3n) is 7.54. The largest absolute Gasteiger partial charge is 0.300 e. The van der Waals surface area contributed by atoms with Gasteiger partial charge in [0.05, 0.1) is 0 Å². The summed E-state index contributed by atoms with van der Waals surface area (Å²) in [5, 5.41) is 0. The highest BCUT2D eigenvalue weighted by Gasteiger charge is 2.40. The predicted octanol–water partition coefficient (Wildman–Crippen LogP) is 2.10. The second-order valence-electron chi connectivity index (χ2n) is 9.46. The molecule has 0 aromatic heterocycles. The van der Waals surface area contributed by atoms with Crippen molar-refractivity contribution in [3.05, 3.63) is 0 Å². The third-order valence-corrected chi connectivity index (χ3v) is 7.54. The van der Waals surface area contributed by atoms with Gasteiger partial charge in [-0.1, -0.05) is 0 Å². The molecule has 0 aromatic carbocycles. The fourth-order valence-electron chi connectivity index (χ4n) is 5.80. The smallest absolute Gasteiger partial charge is 0.0241 e. The summed E-state index contributed by atoms with van der Waals surface area (Å²) in [7, 11) is 0. The third kappa shape index (κ3) is 3.40. The summed E-state index contributed by atoms with van der Waals surface area (Å²) >= 11 is 0. The van der Waals surface area contributed by atoms with Gasteiger partial charge in [-0.25, -0.2) is 0 Å². The highest BCUT2D eigenvalue weighted by atomic mass is 15.3. The van der Waals surface area contributed by atoms with E-state index < -0.39 is 0 Å². The Morgan fingerprint density at radius 1 is 0.917 bits per heavy atom. The van der Waals surface area contributed by atoms with Gasteiger partial charge in [0.1, 0.15) is 0 Å². The van der Waals surface area contributed by atoms with Crippen LogP contribution in [0.5, 0.6) is 0 Å². The normalized spacial score (nSPS) is 36.9. The van der Waals surface area contributed by atoms with Crippen molar-refractivity contribution in [1.29, 1.82) is 0 Å². The molecule has 0 radical (unpaired) electrons. The van der Waals surface area contributed by atoms with Gasteiger partial charge < -0.3 is 4.90 Å². The van der Waals surface area contributed by atoms with E-state index in [9.17, 15) is 0 Å². The van der Waals surface area contributed by atoms with E-state index in [0.717, 1.165) is 18.1 Å². The lowest BCUT2D eigenvalue weighted by Gasteiger charge is -2.47. The van der Waals surface area contributed by atoms with Gasteiger partial charge in [0, 0.05) is 62.9 Å². The lowest BCUT2D eigenvalue weighted by molar-refractivity contribution is 0.0226. The molecular formula is C20H38N4. The van der Waals surface area contributed by atoms with Crippen LogP contribution in [0.3, 0.4) is 0 Å². The van der Waals surface area contributed by atoms with E-state index in [4.69, 9.17) is 0 Å². The minimum absolute atomic E-state index is 0.366. The van der Waals surface area contributed by atoms with Crippen molar-refractivity contribution in [3.63, 3.8) is 0 Å². The van der Waals surface area contributed by atoms with Crippen molar-refractivity contribution >= 4 is 0 Å². The van der Waals surface area contributed by atoms with Crippen LogP contribution in [0.25, 0.3) is 0 Å². The Morgan fingerprint density at radius 2 is 1.79 bits per heavy atom. The van der Waals surface area contributed by atoms with Gasteiger partial charge >= 0.3 is 0 Å². The molecule has 138 valence electrons. The Balaban J connectivity index is 1.29. The molecule has 4 aliphatic heterocycles. The first kappa shape index (κ1) is 17.3. The molecule has 0 N–H and O–H groups in total. The van der Waals surface area contributed by atoms with Crippen LogP contribution in [0.4, 0.5) is 0 Å². The van der Waals surface area contributed by atoms with Crippen molar-refractivity contribution in [2.75, 3.05) is 52.4 Å². The average Bonchev–Trinajstić information content (AvgIpc) is 3.18. The Labute approximate surface area is 149 Å². The maximum absolute atomic E-state index is 2.85. The predicted molar refractivity (Wildman–Crippen MR) is 100 cm³/mol. The summed E-state index contributed by atoms with van der Waals surface area (Å²) in [6.07, 6.45) is 6.94. The summed E-state index contributed by atoms with van der Waals surface area (Å²) in [6.45, 7) is 18.0. The molecular weight excluding hydrogens is 296 g/mol. The molecule has 0 amide bonds. The molecule has 4 heterocycles. The monoisotopic (exact) mass is 334 g/mol. The molecule has 4 nitrogen and oxygen atoms in total. The van der Waals surface area contributed by atoms with Crippen LogP contribution < -0.4 is 0 Å². The van der Waals surface area contributed by atoms with Gasteiger partial charge in [0.2, 0.25) is 0 Å². The molecule has 4 aliphatic rings. The molecule has 4 saturated heterocycles. The SMILES string of the molecule is CC(CCC(C)(C)N1CCN2CCC1C2)N1CCN2CCCC2C1. The molecule has 4 fully saturated rings. The highest BCUT2D eigenvalue weighted by Crippen LogP contribution is 2.32. The molecule has 4 rings (SSSR count). The molecule has 0 saturated carbocycles. The van der Waals surface area contributed by atoms with Crippen LogP contribution in [-0.2, 0) is 0 Å². The van der Waals surface area contributed by atoms with Gasteiger partial charge in [0.25, 0.3) is 0 Å². The van der Waals surface area contributed by atoms with Crippen LogP contribution in [0.15, 0.2) is 0 Å². The van der Waals surface area contributed by atoms with Crippen LogP contribution in [0.1, 0.15) is 52.9 Å². The minimum atomic E-state index is 0.366. The first-order valence-corrected chi connectivity index (χ1v) is 10.5. The van der Waals surface area contributed by atoms with Crippen LogP contribution in [-0.4, -0.2) is 95.6 Å². The Kier molecular flexibility index (Phi) is 4.94. The summed E-state index contributed by atoms with van der Waals surface area (Å²) < 4.78 is 0.